The van der Waals surface area contributed by atoms with Gasteiger partial charge in [0, 0.05) is 36.8 Å². The molecule has 7 heteroatoms. The molecule has 2 rings (SSSR count). The van der Waals surface area contributed by atoms with Crippen LogP contribution >= 0.6 is 0 Å². The summed E-state index contributed by atoms with van der Waals surface area (Å²) < 4.78 is 7.37. The van der Waals surface area contributed by atoms with Crippen molar-refractivity contribution in [3.05, 3.63) is 34.5 Å². The van der Waals surface area contributed by atoms with Crippen molar-refractivity contribution in [2.24, 2.45) is 12.0 Å². The summed E-state index contributed by atoms with van der Waals surface area (Å²) in [5.41, 5.74) is 4.37. The molecular weight excluding hydrogens is 328 g/mol. The maximum absolute atomic E-state index is 5.47. The molecule has 7 nitrogen and oxygen atoms in total. The number of rotatable bonds is 8. The van der Waals surface area contributed by atoms with E-state index >= 15 is 0 Å². The van der Waals surface area contributed by atoms with Gasteiger partial charge in [-0.25, -0.2) is 4.99 Å². The van der Waals surface area contributed by atoms with Gasteiger partial charge in [-0.15, -0.1) is 0 Å². The van der Waals surface area contributed by atoms with Crippen LogP contribution in [0.2, 0.25) is 0 Å². The van der Waals surface area contributed by atoms with Crippen molar-refractivity contribution >= 4 is 5.96 Å². The third-order valence-electron chi connectivity index (χ3n) is 4.81. The number of guanidine groups is 1. The summed E-state index contributed by atoms with van der Waals surface area (Å²) in [7, 11) is 1.96. The monoisotopic (exact) mass is 360 g/mol. The zero-order chi connectivity index (χ0) is 19.1. The molecule has 0 atom stereocenters. The van der Waals surface area contributed by atoms with Crippen LogP contribution in [0.25, 0.3) is 0 Å². The van der Waals surface area contributed by atoms with Crippen molar-refractivity contribution in [3.63, 3.8) is 0 Å². The molecule has 0 saturated heterocycles. The molecule has 26 heavy (non-hydrogen) atoms. The third-order valence-corrected chi connectivity index (χ3v) is 4.81. The number of aryl methyl sites for hydroxylation is 2. The van der Waals surface area contributed by atoms with E-state index in [9.17, 15) is 0 Å². The van der Waals surface area contributed by atoms with Crippen LogP contribution in [-0.4, -0.2) is 27.4 Å². The molecular formula is C19H32N6O. The second-order valence-electron chi connectivity index (χ2n) is 6.55. The summed E-state index contributed by atoms with van der Waals surface area (Å²) in [6.07, 6.45) is 2.15. The van der Waals surface area contributed by atoms with Crippen molar-refractivity contribution < 1.29 is 4.52 Å². The minimum absolute atomic E-state index is 0.464. The smallest absolute Gasteiger partial charge is 0.191 e. The van der Waals surface area contributed by atoms with E-state index in [1.54, 1.807) is 0 Å². The van der Waals surface area contributed by atoms with Crippen molar-refractivity contribution in [2.75, 3.05) is 6.54 Å². The van der Waals surface area contributed by atoms with Gasteiger partial charge in [-0.3, -0.25) is 4.68 Å². The van der Waals surface area contributed by atoms with Gasteiger partial charge in [0.05, 0.1) is 24.5 Å². The van der Waals surface area contributed by atoms with E-state index in [-0.39, 0.29) is 0 Å². The largest absolute Gasteiger partial charge is 0.359 e. The Kier molecular flexibility index (Phi) is 7.24. The van der Waals surface area contributed by atoms with Gasteiger partial charge >= 0.3 is 0 Å². The molecule has 2 heterocycles. The molecule has 2 N–H and O–H groups in total. The van der Waals surface area contributed by atoms with Crippen LogP contribution in [0.5, 0.6) is 0 Å². The van der Waals surface area contributed by atoms with Crippen LogP contribution < -0.4 is 10.6 Å². The van der Waals surface area contributed by atoms with E-state index < -0.39 is 0 Å². The Hall–Kier alpha value is -2.31. The lowest BCUT2D eigenvalue weighted by Crippen LogP contribution is -2.36. The number of nitrogens with one attached hydrogen (secondary N) is 2. The highest BCUT2D eigenvalue weighted by molar-refractivity contribution is 5.79. The van der Waals surface area contributed by atoms with Crippen molar-refractivity contribution in [2.45, 2.75) is 66.5 Å². The summed E-state index contributed by atoms with van der Waals surface area (Å²) >= 11 is 0. The summed E-state index contributed by atoms with van der Waals surface area (Å²) in [5, 5.41) is 15.3. The zero-order valence-corrected chi connectivity index (χ0v) is 16.9. The first-order valence-corrected chi connectivity index (χ1v) is 9.46. The van der Waals surface area contributed by atoms with E-state index in [1.807, 2.05) is 24.7 Å². The van der Waals surface area contributed by atoms with Crippen LogP contribution in [0, 0.1) is 13.8 Å². The zero-order valence-electron chi connectivity index (χ0n) is 16.9. The molecule has 2 aromatic heterocycles. The Labute approximate surface area is 156 Å². The number of nitrogens with zero attached hydrogens (tertiary/aromatic N) is 4. The Morgan fingerprint density at radius 1 is 1.23 bits per heavy atom. The van der Waals surface area contributed by atoms with E-state index in [2.05, 4.69) is 53.6 Å². The summed E-state index contributed by atoms with van der Waals surface area (Å²) in [4.78, 5) is 4.69. The molecule has 0 aliphatic rings. The molecule has 0 aliphatic carbocycles. The molecule has 0 unspecified atom stereocenters. The van der Waals surface area contributed by atoms with Gasteiger partial charge in [0.2, 0.25) is 0 Å². The Balaban J connectivity index is 2.01. The molecule has 0 aliphatic heterocycles. The standard InChI is InChI=1S/C19H32N6O/c1-7-15(8-2)18-10-16(26-24-18)11-21-19(20-9-3)22-12-17-13(4)23-25(6)14(17)5/h10,15H,7-9,11-12H2,1-6H3,(H2,20,21,22). The highest BCUT2D eigenvalue weighted by Crippen LogP contribution is 2.22. The summed E-state index contributed by atoms with van der Waals surface area (Å²) in [5.74, 6) is 2.05. The van der Waals surface area contributed by atoms with Crippen LogP contribution in [0.4, 0.5) is 0 Å². The van der Waals surface area contributed by atoms with E-state index in [0.717, 1.165) is 48.2 Å². The number of aromatic nitrogens is 3. The highest BCUT2D eigenvalue weighted by atomic mass is 16.5. The van der Waals surface area contributed by atoms with E-state index in [0.29, 0.717) is 19.0 Å². The lowest BCUT2D eigenvalue weighted by Gasteiger charge is -2.10. The van der Waals surface area contributed by atoms with Gasteiger partial charge in [0.15, 0.2) is 11.7 Å². The SMILES string of the molecule is CCNC(=NCc1c(C)nn(C)c1C)NCc1cc(C(CC)CC)no1. The molecule has 0 bridgehead atoms. The van der Waals surface area contributed by atoms with Gasteiger partial charge < -0.3 is 15.2 Å². The molecule has 0 saturated carbocycles. The fourth-order valence-corrected chi connectivity index (χ4v) is 3.03. The normalized spacial score (nSPS) is 12.0. The maximum Gasteiger partial charge on any atom is 0.191 e. The topological polar surface area (TPSA) is 80.3 Å². The third kappa shape index (κ3) is 4.86. The molecule has 0 fully saturated rings. The number of hydrogen-bond donors (Lipinski definition) is 2. The van der Waals surface area contributed by atoms with E-state index in [4.69, 9.17) is 4.52 Å². The second kappa shape index (κ2) is 9.40. The molecule has 0 radical (unpaired) electrons. The molecule has 0 amide bonds. The lowest BCUT2D eigenvalue weighted by molar-refractivity contribution is 0.368. The average molecular weight is 361 g/mol. The van der Waals surface area contributed by atoms with Crippen LogP contribution in [0.15, 0.2) is 15.6 Å². The molecule has 2 aromatic rings. The van der Waals surface area contributed by atoms with Crippen molar-refractivity contribution in [1.82, 2.24) is 25.6 Å². The average Bonchev–Trinajstić information content (AvgIpc) is 3.17. The van der Waals surface area contributed by atoms with Gasteiger partial charge in [-0.05, 0) is 33.6 Å². The minimum Gasteiger partial charge on any atom is -0.359 e. The first kappa shape index (κ1) is 20.0. The van der Waals surface area contributed by atoms with Gasteiger partial charge in [-0.2, -0.15) is 5.10 Å². The maximum atomic E-state index is 5.47. The lowest BCUT2D eigenvalue weighted by atomic mass is 9.99. The quantitative estimate of drug-likeness (QED) is 0.558. The molecule has 0 aromatic carbocycles. The Morgan fingerprint density at radius 3 is 2.54 bits per heavy atom. The van der Waals surface area contributed by atoms with Crippen molar-refractivity contribution in [3.8, 4) is 0 Å². The summed E-state index contributed by atoms with van der Waals surface area (Å²) in [6, 6.07) is 2.05. The van der Waals surface area contributed by atoms with Gasteiger partial charge in [0.1, 0.15) is 0 Å². The first-order chi connectivity index (χ1) is 12.5. The van der Waals surface area contributed by atoms with Crippen LogP contribution in [0.3, 0.4) is 0 Å². The fourth-order valence-electron chi connectivity index (χ4n) is 3.03. The van der Waals surface area contributed by atoms with Crippen LogP contribution in [-0.2, 0) is 20.1 Å². The fraction of sp³-hybridized carbons (Fsp3) is 0.632. The van der Waals surface area contributed by atoms with Gasteiger partial charge in [-0.1, -0.05) is 19.0 Å². The van der Waals surface area contributed by atoms with Crippen molar-refractivity contribution in [1.29, 1.82) is 0 Å². The number of aliphatic imine (C=N–C) groups is 1. The minimum atomic E-state index is 0.464. The molecule has 0 spiro atoms. The first-order valence-electron chi connectivity index (χ1n) is 9.46. The Morgan fingerprint density at radius 2 is 1.96 bits per heavy atom. The van der Waals surface area contributed by atoms with Gasteiger partial charge in [0.25, 0.3) is 0 Å². The highest BCUT2D eigenvalue weighted by Gasteiger charge is 2.13. The second-order valence-corrected chi connectivity index (χ2v) is 6.55. The number of hydrogen-bond acceptors (Lipinski definition) is 4. The summed E-state index contributed by atoms with van der Waals surface area (Å²) in [6.45, 7) is 12.5. The predicted molar refractivity (Wildman–Crippen MR) is 104 cm³/mol. The van der Waals surface area contributed by atoms with Crippen LogP contribution in [0.1, 0.15) is 67.9 Å². The van der Waals surface area contributed by atoms with E-state index in [1.165, 1.54) is 5.56 Å². The Bertz CT molecular complexity index is 726. The molecule has 144 valence electrons. The predicted octanol–water partition coefficient (Wildman–Crippen LogP) is 3.18.